The summed E-state index contributed by atoms with van der Waals surface area (Å²) < 4.78 is 11.3. The first kappa shape index (κ1) is 18.7. The summed E-state index contributed by atoms with van der Waals surface area (Å²) in [6.07, 6.45) is 0.778. The van der Waals surface area contributed by atoms with E-state index in [9.17, 15) is 5.26 Å². The van der Waals surface area contributed by atoms with Gasteiger partial charge in [0.25, 0.3) is 0 Å². The highest BCUT2D eigenvalue weighted by molar-refractivity contribution is 5.87. The lowest BCUT2D eigenvalue weighted by atomic mass is 9.94. The smallest absolute Gasteiger partial charge is 0.232 e. The molecule has 1 aromatic heterocycles. The molecule has 2 aromatic carbocycles. The second kappa shape index (κ2) is 7.81. The van der Waals surface area contributed by atoms with E-state index in [0.717, 1.165) is 60.7 Å². The molecule has 1 aliphatic heterocycles. The largest absolute Gasteiger partial charge is 0.477 e. The number of aromatic nitrogens is 1. The Morgan fingerprint density at radius 2 is 1.87 bits per heavy atom. The number of ether oxygens (including phenoxy) is 2. The van der Waals surface area contributed by atoms with Crippen LogP contribution in [-0.4, -0.2) is 37.9 Å². The summed E-state index contributed by atoms with van der Waals surface area (Å²) in [4.78, 5) is 7.10. The average molecular weight is 397 g/mol. The Morgan fingerprint density at radius 1 is 1.10 bits per heavy atom. The van der Waals surface area contributed by atoms with Crippen molar-refractivity contribution in [1.29, 1.82) is 5.26 Å². The van der Waals surface area contributed by atoms with Crippen molar-refractivity contribution in [3.8, 4) is 34.3 Å². The number of benzene rings is 2. The predicted octanol–water partition coefficient (Wildman–Crippen LogP) is 4.43. The highest BCUT2D eigenvalue weighted by Gasteiger charge is 2.28. The van der Waals surface area contributed by atoms with E-state index < -0.39 is 0 Å². The van der Waals surface area contributed by atoms with Gasteiger partial charge in [0.1, 0.15) is 11.6 Å². The average Bonchev–Trinajstić information content (AvgIpc) is 3.17. The number of nitriles is 1. The molecule has 0 amide bonds. The zero-order chi connectivity index (χ0) is 20.5. The summed E-state index contributed by atoms with van der Waals surface area (Å²) in [6, 6.07) is 19.2. The zero-order valence-electron chi connectivity index (χ0n) is 17.0. The number of pyridine rings is 1. The number of hydrogen-bond acceptors (Lipinski definition) is 5. The third kappa shape index (κ3) is 3.10. The fourth-order valence-corrected chi connectivity index (χ4v) is 4.42. The zero-order valence-corrected chi connectivity index (χ0v) is 17.0. The Labute approximate surface area is 176 Å². The maximum Gasteiger partial charge on any atom is 0.232 e. The number of nitrogens with zero attached hydrogens (tertiary/aromatic N) is 3. The van der Waals surface area contributed by atoms with Crippen LogP contribution in [0.25, 0.3) is 22.4 Å². The predicted molar refractivity (Wildman–Crippen MR) is 117 cm³/mol. The lowest BCUT2D eigenvalue weighted by Crippen LogP contribution is -2.36. The van der Waals surface area contributed by atoms with Gasteiger partial charge in [-0.15, -0.1) is 0 Å². The Bertz CT molecular complexity index is 1130. The summed E-state index contributed by atoms with van der Waals surface area (Å²) in [7, 11) is 0. The number of hydrogen-bond donors (Lipinski definition) is 0. The summed E-state index contributed by atoms with van der Waals surface area (Å²) in [5.41, 5.74) is 8.07. The second-order valence-corrected chi connectivity index (χ2v) is 7.52. The van der Waals surface area contributed by atoms with Gasteiger partial charge in [0, 0.05) is 36.3 Å². The fraction of sp³-hybridized carbons (Fsp3) is 0.280. The molecule has 150 valence electrons. The van der Waals surface area contributed by atoms with Crippen molar-refractivity contribution in [3.63, 3.8) is 0 Å². The van der Waals surface area contributed by atoms with Gasteiger partial charge in [-0.1, -0.05) is 36.4 Å². The van der Waals surface area contributed by atoms with Gasteiger partial charge < -0.3 is 14.4 Å². The number of morpholine rings is 1. The summed E-state index contributed by atoms with van der Waals surface area (Å²) in [5, 5.41) is 10.0. The lowest BCUT2D eigenvalue weighted by molar-refractivity contribution is 0.122. The molecule has 0 unspecified atom stereocenters. The lowest BCUT2D eigenvalue weighted by Gasteiger charge is -2.29. The monoisotopic (exact) mass is 397 g/mol. The van der Waals surface area contributed by atoms with Gasteiger partial charge in [0.2, 0.25) is 5.88 Å². The molecule has 0 bridgehead atoms. The molecule has 1 fully saturated rings. The molecule has 0 N–H and O–H groups in total. The van der Waals surface area contributed by atoms with E-state index >= 15 is 0 Å². The molecule has 1 saturated heterocycles. The number of anilines is 1. The Morgan fingerprint density at radius 3 is 2.60 bits per heavy atom. The van der Waals surface area contributed by atoms with Crippen LogP contribution in [0.2, 0.25) is 0 Å². The third-order valence-corrected chi connectivity index (χ3v) is 5.83. The van der Waals surface area contributed by atoms with Gasteiger partial charge in [0.05, 0.1) is 25.5 Å². The fourth-order valence-electron chi connectivity index (χ4n) is 4.42. The SMILES string of the molecule is CCOc1nc2c(c(-c3ccc(N4CCOCC4)cc3)c1C#N)Cc1ccccc1-2. The van der Waals surface area contributed by atoms with E-state index in [1.165, 1.54) is 11.3 Å². The van der Waals surface area contributed by atoms with E-state index in [0.29, 0.717) is 18.1 Å². The molecule has 5 rings (SSSR count). The summed E-state index contributed by atoms with van der Waals surface area (Å²) >= 11 is 0. The van der Waals surface area contributed by atoms with Crippen LogP contribution in [0.4, 0.5) is 5.69 Å². The highest BCUT2D eigenvalue weighted by atomic mass is 16.5. The van der Waals surface area contributed by atoms with Gasteiger partial charge in [-0.25, -0.2) is 4.98 Å². The normalized spacial score (nSPS) is 14.7. The third-order valence-electron chi connectivity index (χ3n) is 5.83. The van der Waals surface area contributed by atoms with Crippen molar-refractivity contribution >= 4 is 5.69 Å². The summed E-state index contributed by atoms with van der Waals surface area (Å²) in [5.74, 6) is 0.419. The maximum absolute atomic E-state index is 10.0. The minimum Gasteiger partial charge on any atom is -0.477 e. The van der Waals surface area contributed by atoms with Gasteiger partial charge in [-0.05, 0) is 35.7 Å². The molecular formula is C25H23N3O2. The minimum atomic E-state index is 0.419. The Balaban J connectivity index is 1.64. The molecule has 0 saturated carbocycles. The van der Waals surface area contributed by atoms with Crippen molar-refractivity contribution in [3.05, 3.63) is 65.2 Å². The van der Waals surface area contributed by atoms with E-state index in [1.807, 2.05) is 13.0 Å². The van der Waals surface area contributed by atoms with Crippen LogP contribution in [-0.2, 0) is 11.2 Å². The standard InChI is InChI=1S/C25H23N3O2/c1-2-30-25-22(16-26)23(21-15-18-5-3-4-6-20(18)24(21)27-25)17-7-9-19(10-8-17)28-11-13-29-14-12-28/h3-10H,2,11-15H2,1H3. The van der Waals surface area contributed by atoms with Gasteiger partial charge in [0.15, 0.2) is 0 Å². The first-order valence-corrected chi connectivity index (χ1v) is 10.4. The second-order valence-electron chi connectivity index (χ2n) is 7.52. The number of fused-ring (bicyclic) bond motifs is 3. The summed E-state index contributed by atoms with van der Waals surface area (Å²) in [6.45, 7) is 5.70. The molecule has 2 aliphatic rings. The van der Waals surface area contributed by atoms with Gasteiger partial charge in [-0.3, -0.25) is 0 Å². The quantitative estimate of drug-likeness (QED) is 0.510. The van der Waals surface area contributed by atoms with Gasteiger partial charge in [-0.2, -0.15) is 5.26 Å². The molecule has 5 nitrogen and oxygen atoms in total. The van der Waals surface area contributed by atoms with Crippen LogP contribution in [0.15, 0.2) is 48.5 Å². The van der Waals surface area contributed by atoms with Crippen LogP contribution in [0.3, 0.4) is 0 Å². The van der Waals surface area contributed by atoms with Crippen molar-refractivity contribution in [2.45, 2.75) is 13.3 Å². The molecule has 30 heavy (non-hydrogen) atoms. The molecule has 3 aromatic rings. The van der Waals surface area contributed by atoms with Crippen molar-refractivity contribution in [1.82, 2.24) is 4.98 Å². The van der Waals surface area contributed by atoms with Crippen LogP contribution >= 0.6 is 0 Å². The van der Waals surface area contributed by atoms with Crippen LogP contribution in [0.5, 0.6) is 5.88 Å². The Kier molecular flexibility index (Phi) is 4.86. The van der Waals surface area contributed by atoms with Crippen molar-refractivity contribution in [2.75, 3.05) is 37.8 Å². The van der Waals surface area contributed by atoms with E-state index in [1.54, 1.807) is 0 Å². The first-order chi connectivity index (χ1) is 14.8. The van der Waals surface area contributed by atoms with E-state index in [4.69, 9.17) is 14.5 Å². The molecule has 1 aliphatic carbocycles. The molecule has 0 spiro atoms. The maximum atomic E-state index is 10.0. The highest BCUT2D eigenvalue weighted by Crippen LogP contribution is 2.44. The van der Waals surface area contributed by atoms with Crippen LogP contribution < -0.4 is 9.64 Å². The van der Waals surface area contributed by atoms with Gasteiger partial charge >= 0.3 is 0 Å². The van der Waals surface area contributed by atoms with Crippen LogP contribution in [0.1, 0.15) is 23.6 Å². The molecule has 0 atom stereocenters. The van der Waals surface area contributed by atoms with Crippen molar-refractivity contribution in [2.24, 2.45) is 0 Å². The topological polar surface area (TPSA) is 58.4 Å². The minimum absolute atomic E-state index is 0.419. The van der Waals surface area contributed by atoms with E-state index in [-0.39, 0.29) is 0 Å². The molecular weight excluding hydrogens is 374 g/mol. The van der Waals surface area contributed by atoms with Crippen LogP contribution in [0, 0.1) is 11.3 Å². The molecule has 0 radical (unpaired) electrons. The number of rotatable bonds is 4. The first-order valence-electron chi connectivity index (χ1n) is 10.4. The molecule has 2 heterocycles. The van der Waals surface area contributed by atoms with Crippen molar-refractivity contribution < 1.29 is 9.47 Å². The van der Waals surface area contributed by atoms with E-state index in [2.05, 4.69) is 53.4 Å². The molecule has 5 heteroatoms. The Hall–Kier alpha value is -3.36.